The van der Waals surface area contributed by atoms with Crippen molar-refractivity contribution in [3.05, 3.63) is 62.8 Å². The average molecular weight is 284 g/mol. The van der Waals surface area contributed by atoms with E-state index in [1.54, 1.807) is 6.07 Å². The van der Waals surface area contributed by atoms with E-state index < -0.39 is 5.82 Å². The highest BCUT2D eigenvalue weighted by molar-refractivity contribution is 5.34. The van der Waals surface area contributed by atoms with Gasteiger partial charge in [-0.15, -0.1) is 0 Å². The van der Waals surface area contributed by atoms with E-state index in [9.17, 15) is 9.18 Å². The molecular formula is C15H13FN4O. The van der Waals surface area contributed by atoms with Crippen LogP contribution in [0.3, 0.4) is 0 Å². The largest absolute Gasteiger partial charge is 0.312 e. The van der Waals surface area contributed by atoms with Gasteiger partial charge in [-0.2, -0.15) is 10.4 Å². The van der Waals surface area contributed by atoms with E-state index >= 15 is 0 Å². The zero-order chi connectivity index (χ0) is 14.8. The Labute approximate surface area is 120 Å². The van der Waals surface area contributed by atoms with Gasteiger partial charge in [-0.25, -0.2) is 9.07 Å². The number of fused-ring (bicyclic) bond motifs is 1. The molecule has 1 aromatic heterocycles. The van der Waals surface area contributed by atoms with E-state index in [1.807, 2.05) is 6.07 Å². The van der Waals surface area contributed by atoms with Crippen molar-refractivity contribution >= 4 is 0 Å². The van der Waals surface area contributed by atoms with Gasteiger partial charge in [0.05, 0.1) is 23.9 Å². The highest BCUT2D eigenvalue weighted by atomic mass is 19.1. The maximum absolute atomic E-state index is 13.8. The summed E-state index contributed by atoms with van der Waals surface area (Å²) < 4.78 is 15.1. The van der Waals surface area contributed by atoms with Crippen LogP contribution in [0.5, 0.6) is 0 Å². The maximum atomic E-state index is 13.8. The molecule has 106 valence electrons. The van der Waals surface area contributed by atoms with E-state index in [4.69, 9.17) is 5.26 Å². The molecule has 3 rings (SSSR count). The van der Waals surface area contributed by atoms with Crippen molar-refractivity contribution in [2.75, 3.05) is 6.54 Å². The second kappa shape index (κ2) is 5.46. The average Bonchev–Trinajstić information content (AvgIpc) is 2.50. The molecule has 0 atom stereocenters. The Hall–Kier alpha value is -2.52. The van der Waals surface area contributed by atoms with Crippen molar-refractivity contribution in [3.8, 4) is 6.07 Å². The number of nitriles is 1. The van der Waals surface area contributed by atoms with Crippen LogP contribution in [0.1, 0.15) is 22.4 Å². The van der Waals surface area contributed by atoms with Crippen molar-refractivity contribution < 1.29 is 4.39 Å². The number of rotatable bonds is 2. The minimum Gasteiger partial charge on any atom is -0.312 e. The summed E-state index contributed by atoms with van der Waals surface area (Å²) in [5, 5.41) is 16.4. The van der Waals surface area contributed by atoms with Crippen LogP contribution in [0.25, 0.3) is 0 Å². The van der Waals surface area contributed by atoms with E-state index in [1.165, 1.54) is 22.9 Å². The highest BCUT2D eigenvalue weighted by Gasteiger charge is 2.14. The van der Waals surface area contributed by atoms with Crippen LogP contribution in [-0.4, -0.2) is 16.3 Å². The first kappa shape index (κ1) is 13.5. The molecule has 5 nitrogen and oxygen atoms in total. The van der Waals surface area contributed by atoms with Gasteiger partial charge < -0.3 is 5.32 Å². The third-order valence-corrected chi connectivity index (χ3v) is 3.51. The van der Waals surface area contributed by atoms with E-state index in [2.05, 4.69) is 10.4 Å². The second-order valence-corrected chi connectivity index (χ2v) is 4.96. The predicted octanol–water partition coefficient (Wildman–Crippen LogP) is 0.948. The molecule has 0 radical (unpaired) electrons. The van der Waals surface area contributed by atoms with Crippen LogP contribution < -0.4 is 10.9 Å². The predicted molar refractivity (Wildman–Crippen MR) is 74.1 cm³/mol. The first-order valence-corrected chi connectivity index (χ1v) is 6.66. The third-order valence-electron chi connectivity index (χ3n) is 3.51. The molecule has 0 saturated heterocycles. The smallest absolute Gasteiger partial charge is 0.267 e. The van der Waals surface area contributed by atoms with Crippen LogP contribution in [0.2, 0.25) is 0 Å². The molecule has 0 bridgehead atoms. The highest BCUT2D eigenvalue weighted by Crippen LogP contribution is 2.12. The maximum Gasteiger partial charge on any atom is 0.267 e. The van der Waals surface area contributed by atoms with Crippen molar-refractivity contribution in [3.63, 3.8) is 0 Å². The zero-order valence-corrected chi connectivity index (χ0v) is 11.3. The van der Waals surface area contributed by atoms with E-state index in [-0.39, 0.29) is 17.7 Å². The van der Waals surface area contributed by atoms with Gasteiger partial charge in [0.25, 0.3) is 5.56 Å². The minimum atomic E-state index is -0.443. The molecule has 0 amide bonds. The molecule has 2 heterocycles. The van der Waals surface area contributed by atoms with Gasteiger partial charge in [-0.1, -0.05) is 0 Å². The fourth-order valence-electron chi connectivity index (χ4n) is 2.40. The lowest BCUT2D eigenvalue weighted by Crippen LogP contribution is -2.32. The van der Waals surface area contributed by atoms with Crippen molar-refractivity contribution in [2.45, 2.75) is 19.5 Å². The molecule has 1 aromatic carbocycles. The number of nitrogens with one attached hydrogen (secondary N) is 1. The fourth-order valence-corrected chi connectivity index (χ4v) is 2.40. The summed E-state index contributed by atoms with van der Waals surface area (Å²) in [5.41, 5.74) is 2.15. The van der Waals surface area contributed by atoms with Gasteiger partial charge in [0.1, 0.15) is 5.82 Å². The topological polar surface area (TPSA) is 70.7 Å². The normalized spacial score (nSPS) is 13.5. The first-order valence-electron chi connectivity index (χ1n) is 6.66. The Morgan fingerprint density at radius 3 is 3.10 bits per heavy atom. The Morgan fingerprint density at radius 1 is 1.43 bits per heavy atom. The summed E-state index contributed by atoms with van der Waals surface area (Å²) in [5.74, 6) is -0.443. The number of hydrogen-bond donors (Lipinski definition) is 1. The molecule has 0 unspecified atom stereocenters. The number of benzene rings is 1. The van der Waals surface area contributed by atoms with Crippen molar-refractivity contribution in [2.24, 2.45) is 0 Å². The molecule has 21 heavy (non-hydrogen) atoms. The molecule has 0 saturated carbocycles. The summed E-state index contributed by atoms with van der Waals surface area (Å²) >= 11 is 0. The van der Waals surface area contributed by atoms with E-state index in [0.717, 1.165) is 24.2 Å². The van der Waals surface area contributed by atoms with E-state index in [0.29, 0.717) is 12.1 Å². The Morgan fingerprint density at radius 2 is 2.29 bits per heavy atom. The zero-order valence-electron chi connectivity index (χ0n) is 11.3. The van der Waals surface area contributed by atoms with Crippen LogP contribution in [0.4, 0.5) is 4.39 Å². The Bertz CT molecular complexity index is 791. The Balaban J connectivity index is 1.99. The molecule has 2 aromatic rings. The summed E-state index contributed by atoms with van der Waals surface area (Å²) in [6.07, 6.45) is 0.746. The summed E-state index contributed by atoms with van der Waals surface area (Å²) in [7, 11) is 0. The van der Waals surface area contributed by atoms with Gasteiger partial charge >= 0.3 is 0 Å². The molecule has 0 spiro atoms. The van der Waals surface area contributed by atoms with Gasteiger partial charge in [-0.3, -0.25) is 4.79 Å². The lowest BCUT2D eigenvalue weighted by molar-refractivity contribution is 0.542. The van der Waals surface area contributed by atoms with Crippen molar-refractivity contribution in [1.29, 1.82) is 5.26 Å². The molecule has 1 aliphatic rings. The number of aromatic nitrogens is 2. The lowest BCUT2D eigenvalue weighted by atomic mass is 10.1. The monoisotopic (exact) mass is 284 g/mol. The summed E-state index contributed by atoms with van der Waals surface area (Å²) in [4.78, 5) is 12.0. The van der Waals surface area contributed by atoms with Crippen LogP contribution in [0.15, 0.2) is 29.1 Å². The SMILES string of the molecule is N#Cc1ccc(F)c(Cn2nc3c(cc2=O)CNCC3)c1. The molecule has 6 heteroatoms. The first-order chi connectivity index (χ1) is 10.2. The minimum absolute atomic E-state index is 0.0287. The van der Waals surface area contributed by atoms with Gasteiger partial charge in [0.2, 0.25) is 0 Å². The third kappa shape index (κ3) is 2.69. The molecule has 1 N–H and O–H groups in total. The fraction of sp³-hybridized carbons (Fsp3) is 0.267. The molecule has 1 aliphatic heterocycles. The quantitative estimate of drug-likeness (QED) is 0.891. The van der Waals surface area contributed by atoms with Gasteiger partial charge in [0.15, 0.2) is 0 Å². The summed E-state index contributed by atoms with van der Waals surface area (Å²) in [6.45, 7) is 1.48. The molecular weight excluding hydrogens is 271 g/mol. The molecule has 0 fully saturated rings. The molecule has 0 aliphatic carbocycles. The number of hydrogen-bond acceptors (Lipinski definition) is 4. The van der Waals surface area contributed by atoms with Crippen molar-refractivity contribution in [1.82, 2.24) is 15.1 Å². The van der Waals surface area contributed by atoms with Gasteiger partial charge in [-0.05, 0) is 23.8 Å². The van der Waals surface area contributed by atoms with Crippen LogP contribution in [-0.2, 0) is 19.5 Å². The van der Waals surface area contributed by atoms with Crippen LogP contribution in [0, 0.1) is 17.1 Å². The number of nitrogens with zero attached hydrogens (tertiary/aromatic N) is 3. The Kier molecular flexibility index (Phi) is 3.50. The van der Waals surface area contributed by atoms with Crippen LogP contribution >= 0.6 is 0 Å². The second-order valence-electron chi connectivity index (χ2n) is 4.96. The standard InChI is InChI=1S/C15H13FN4O/c16-13-2-1-10(7-17)5-12(13)9-20-15(21)6-11-8-18-4-3-14(11)19-20/h1-2,5-6,18H,3-4,8-9H2. The lowest BCUT2D eigenvalue weighted by Gasteiger charge is -2.17. The number of halogens is 1. The van der Waals surface area contributed by atoms with Gasteiger partial charge in [0, 0.05) is 31.1 Å². The summed E-state index contributed by atoms with van der Waals surface area (Å²) in [6, 6.07) is 7.60.